The molecule has 4 aromatic heterocycles. The summed E-state index contributed by atoms with van der Waals surface area (Å²) in [4.78, 5) is 44.1. The Morgan fingerprint density at radius 3 is 2.74 bits per heavy atom. The van der Waals surface area contributed by atoms with E-state index in [-0.39, 0.29) is 11.8 Å². The first-order valence-corrected chi connectivity index (χ1v) is 12.8. The maximum absolute atomic E-state index is 12.9. The molecule has 38 heavy (non-hydrogen) atoms. The number of rotatable bonds is 8. The molecule has 1 aliphatic rings. The van der Waals surface area contributed by atoms with Gasteiger partial charge in [0.25, 0.3) is 5.91 Å². The summed E-state index contributed by atoms with van der Waals surface area (Å²) < 4.78 is 11.1. The molecule has 1 atom stereocenters. The zero-order valence-corrected chi connectivity index (χ0v) is 21.4. The van der Waals surface area contributed by atoms with Crippen LogP contribution in [0.1, 0.15) is 16.8 Å². The molecule has 3 amide bonds. The van der Waals surface area contributed by atoms with E-state index in [1.807, 2.05) is 12.1 Å². The molecular formula is C26H25N7O4S. The second-order valence-corrected chi connectivity index (χ2v) is 9.35. The van der Waals surface area contributed by atoms with Crippen LogP contribution >= 0.6 is 11.3 Å². The van der Waals surface area contributed by atoms with Gasteiger partial charge in [-0.25, -0.2) is 14.8 Å². The summed E-state index contributed by atoms with van der Waals surface area (Å²) in [5, 5.41) is 7.96. The average molecular weight is 532 g/mol. The lowest BCUT2D eigenvalue weighted by molar-refractivity contribution is 0.0778. The number of ether oxygens (including phenoxy) is 2. The van der Waals surface area contributed by atoms with Crippen molar-refractivity contribution in [1.82, 2.24) is 24.8 Å². The number of carbonyl (C=O) groups is 2. The van der Waals surface area contributed by atoms with Crippen molar-refractivity contribution in [3.63, 3.8) is 0 Å². The summed E-state index contributed by atoms with van der Waals surface area (Å²) >= 11 is 1.42. The third-order valence-electron chi connectivity index (χ3n) is 5.87. The second kappa shape index (κ2) is 11.6. The van der Waals surface area contributed by atoms with Gasteiger partial charge in [0, 0.05) is 54.6 Å². The lowest BCUT2D eigenvalue weighted by Crippen LogP contribution is -2.30. The van der Waals surface area contributed by atoms with E-state index in [1.165, 1.54) is 18.4 Å². The highest BCUT2D eigenvalue weighted by molar-refractivity contribution is 7.13. The van der Waals surface area contributed by atoms with E-state index < -0.39 is 6.03 Å². The lowest BCUT2D eigenvalue weighted by atomic mass is 10.1. The molecule has 0 spiro atoms. The molecule has 1 aliphatic heterocycles. The van der Waals surface area contributed by atoms with Crippen molar-refractivity contribution in [3.05, 3.63) is 72.0 Å². The molecule has 1 fully saturated rings. The van der Waals surface area contributed by atoms with Gasteiger partial charge in [-0.05, 0) is 36.8 Å². The lowest BCUT2D eigenvalue weighted by Gasteiger charge is -2.18. The van der Waals surface area contributed by atoms with Crippen LogP contribution in [0.25, 0.3) is 10.6 Å². The normalized spacial score (nSPS) is 14.7. The molecule has 4 aromatic rings. The smallest absolute Gasteiger partial charge is 0.326 e. The molecule has 0 aliphatic carbocycles. The number of aromatic nitrogens is 4. The Balaban J connectivity index is 1.11. The fourth-order valence-electron chi connectivity index (χ4n) is 4.03. The van der Waals surface area contributed by atoms with Crippen LogP contribution in [0.4, 0.5) is 16.4 Å². The van der Waals surface area contributed by atoms with Gasteiger partial charge in [-0.1, -0.05) is 6.07 Å². The number of carbonyl (C=O) groups excluding carboxylic acids is 2. The van der Waals surface area contributed by atoms with E-state index >= 15 is 0 Å². The summed E-state index contributed by atoms with van der Waals surface area (Å²) in [5.41, 5.74) is 1.37. The van der Waals surface area contributed by atoms with E-state index in [0.29, 0.717) is 48.7 Å². The SMILES string of the molecule is COc1ncccc1C(=O)N1CCC(COc2cccc(NC(=O)Nc3csc(-c4ccncc4)n3)n2)C1. The van der Waals surface area contributed by atoms with E-state index in [2.05, 4.69) is 30.6 Å². The number of nitrogens with zero attached hydrogens (tertiary/aromatic N) is 5. The Hall–Kier alpha value is -4.58. The van der Waals surface area contributed by atoms with Crippen LogP contribution < -0.4 is 20.1 Å². The molecule has 1 saturated heterocycles. The number of nitrogens with one attached hydrogen (secondary N) is 2. The van der Waals surface area contributed by atoms with Crippen molar-refractivity contribution in [3.8, 4) is 22.3 Å². The molecule has 12 heteroatoms. The number of pyridine rings is 3. The van der Waals surface area contributed by atoms with Crippen molar-refractivity contribution in [2.45, 2.75) is 6.42 Å². The minimum atomic E-state index is -0.461. The Morgan fingerprint density at radius 1 is 1.05 bits per heavy atom. The number of amides is 3. The van der Waals surface area contributed by atoms with Crippen molar-refractivity contribution >= 4 is 34.9 Å². The summed E-state index contributed by atoms with van der Waals surface area (Å²) in [5.74, 6) is 1.53. The van der Waals surface area contributed by atoms with Crippen LogP contribution in [0.3, 0.4) is 0 Å². The van der Waals surface area contributed by atoms with Gasteiger partial charge < -0.3 is 14.4 Å². The Kier molecular flexibility index (Phi) is 7.69. The number of urea groups is 1. The molecule has 0 aromatic carbocycles. The molecule has 0 saturated carbocycles. The van der Waals surface area contributed by atoms with Gasteiger partial charge in [0.1, 0.15) is 22.2 Å². The highest BCUT2D eigenvalue weighted by Crippen LogP contribution is 2.26. The van der Waals surface area contributed by atoms with Crippen LogP contribution in [0.5, 0.6) is 11.8 Å². The zero-order valence-electron chi connectivity index (χ0n) is 20.5. The monoisotopic (exact) mass is 531 g/mol. The largest absolute Gasteiger partial charge is 0.480 e. The molecule has 0 bridgehead atoms. The molecule has 5 heterocycles. The van der Waals surface area contributed by atoms with Gasteiger partial charge in [-0.2, -0.15) is 4.98 Å². The van der Waals surface area contributed by atoms with Gasteiger partial charge >= 0.3 is 6.03 Å². The van der Waals surface area contributed by atoms with E-state index in [1.54, 1.807) is 59.2 Å². The summed E-state index contributed by atoms with van der Waals surface area (Å²) in [7, 11) is 1.50. The third-order valence-corrected chi connectivity index (χ3v) is 6.76. The minimum Gasteiger partial charge on any atom is -0.480 e. The predicted octanol–water partition coefficient (Wildman–Crippen LogP) is 4.19. The van der Waals surface area contributed by atoms with Crippen LogP contribution in [0.2, 0.25) is 0 Å². The minimum absolute atomic E-state index is 0.110. The molecule has 11 nitrogen and oxygen atoms in total. The molecular weight excluding hydrogens is 506 g/mol. The van der Waals surface area contributed by atoms with Gasteiger partial charge in [-0.15, -0.1) is 11.3 Å². The number of methoxy groups -OCH3 is 1. The maximum atomic E-state index is 12.9. The zero-order chi connectivity index (χ0) is 26.3. The highest BCUT2D eigenvalue weighted by atomic mass is 32.1. The van der Waals surface area contributed by atoms with Gasteiger partial charge in [-0.3, -0.25) is 20.4 Å². The van der Waals surface area contributed by atoms with E-state index in [9.17, 15) is 9.59 Å². The molecule has 0 radical (unpaired) electrons. The van der Waals surface area contributed by atoms with Gasteiger partial charge in [0.15, 0.2) is 0 Å². The molecule has 5 rings (SSSR count). The van der Waals surface area contributed by atoms with E-state index in [4.69, 9.17) is 9.47 Å². The van der Waals surface area contributed by atoms with Crippen molar-refractivity contribution in [1.29, 1.82) is 0 Å². The van der Waals surface area contributed by atoms with Crippen molar-refractivity contribution in [2.24, 2.45) is 5.92 Å². The third kappa shape index (κ3) is 6.03. The molecule has 194 valence electrons. The molecule has 1 unspecified atom stereocenters. The van der Waals surface area contributed by atoms with Crippen LogP contribution in [-0.2, 0) is 0 Å². The standard InChI is InChI=1S/C26H25N7O4S/c1-36-23-19(4-3-10-28-23)25(34)33-13-9-17(14-33)15-37-22-6-2-5-20(29-22)31-26(35)32-21-16-38-24(30-21)18-7-11-27-12-8-18/h2-8,10-12,16-17H,9,13-15H2,1H3,(H2,29,31,32,35). The number of anilines is 2. The van der Waals surface area contributed by atoms with Crippen LogP contribution in [-0.4, -0.2) is 63.6 Å². The van der Waals surface area contributed by atoms with E-state index in [0.717, 1.165) is 17.0 Å². The average Bonchev–Trinajstić information content (AvgIpc) is 3.62. The quantitative estimate of drug-likeness (QED) is 0.346. The first-order valence-electron chi connectivity index (χ1n) is 11.9. The molecule has 2 N–H and O–H groups in total. The van der Waals surface area contributed by atoms with Crippen LogP contribution in [0.15, 0.2) is 66.4 Å². The fourth-order valence-corrected chi connectivity index (χ4v) is 4.79. The van der Waals surface area contributed by atoms with Crippen LogP contribution in [0, 0.1) is 5.92 Å². The first kappa shape index (κ1) is 25.1. The van der Waals surface area contributed by atoms with Gasteiger partial charge in [0.05, 0.1) is 13.7 Å². The summed E-state index contributed by atoms with van der Waals surface area (Å²) in [6.07, 6.45) is 5.79. The summed E-state index contributed by atoms with van der Waals surface area (Å²) in [6.45, 7) is 1.58. The Labute approximate surface area is 222 Å². The number of hydrogen-bond donors (Lipinski definition) is 2. The topological polar surface area (TPSA) is 131 Å². The summed E-state index contributed by atoms with van der Waals surface area (Å²) in [6, 6.07) is 11.8. The van der Waals surface area contributed by atoms with Crippen molar-refractivity contribution in [2.75, 3.05) is 37.4 Å². The number of likely N-dealkylation sites (tertiary alicyclic amines) is 1. The Bertz CT molecular complexity index is 1420. The predicted molar refractivity (Wildman–Crippen MR) is 143 cm³/mol. The number of hydrogen-bond acceptors (Lipinski definition) is 9. The highest BCUT2D eigenvalue weighted by Gasteiger charge is 2.29. The first-order chi connectivity index (χ1) is 18.6. The second-order valence-electron chi connectivity index (χ2n) is 8.49. The number of thiazole rings is 1. The van der Waals surface area contributed by atoms with Gasteiger partial charge in [0.2, 0.25) is 11.8 Å². The fraction of sp³-hybridized carbons (Fsp3) is 0.231. The van der Waals surface area contributed by atoms with Crippen molar-refractivity contribution < 1.29 is 19.1 Å². The Morgan fingerprint density at radius 2 is 1.89 bits per heavy atom. The maximum Gasteiger partial charge on any atom is 0.326 e.